The Morgan fingerprint density at radius 1 is 1.12 bits per heavy atom. The lowest BCUT2D eigenvalue weighted by Gasteiger charge is -2.14. The molecule has 2 atom stereocenters. The normalized spacial score (nSPS) is 19.4. The highest BCUT2D eigenvalue weighted by atomic mass is 127. The van der Waals surface area contributed by atoms with E-state index in [9.17, 15) is 13.2 Å². The molecule has 1 aliphatic carbocycles. The van der Waals surface area contributed by atoms with E-state index in [1.54, 1.807) is 6.07 Å². The number of nitrogens with zero attached hydrogens (tertiary/aromatic N) is 1. The summed E-state index contributed by atoms with van der Waals surface area (Å²) in [6, 6.07) is 15.9. The van der Waals surface area contributed by atoms with E-state index in [4.69, 9.17) is 5.73 Å². The van der Waals surface area contributed by atoms with Crippen LogP contribution in [0.2, 0.25) is 0 Å². The molecule has 0 radical (unpaired) electrons. The van der Waals surface area contributed by atoms with Crippen molar-refractivity contribution in [3.8, 4) is 5.75 Å². The van der Waals surface area contributed by atoms with Gasteiger partial charge in [-0.25, -0.2) is 0 Å². The van der Waals surface area contributed by atoms with E-state index in [0.29, 0.717) is 18.4 Å². The van der Waals surface area contributed by atoms with Crippen molar-refractivity contribution < 1.29 is 17.9 Å². The van der Waals surface area contributed by atoms with Gasteiger partial charge < -0.3 is 15.8 Å². The lowest BCUT2D eigenvalue weighted by Crippen LogP contribution is -2.25. The van der Waals surface area contributed by atoms with Crippen LogP contribution < -0.4 is 15.8 Å². The summed E-state index contributed by atoms with van der Waals surface area (Å²) in [5.41, 5.74) is 7.20. The molecule has 3 N–H and O–H groups in total. The molecule has 0 bridgehead atoms. The molecule has 0 aliphatic heterocycles. The van der Waals surface area contributed by atoms with E-state index in [2.05, 4.69) is 27.2 Å². The molecule has 8 heteroatoms. The number of ether oxygens (including phenoxy) is 1. The minimum Gasteiger partial charge on any atom is -0.404 e. The molecular formula is C18H19F3IN3O. The van der Waals surface area contributed by atoms with Gasteiger partial charge >= 0.3 is 6.36 Å². The third-order valence-electron chi connectivity index (χ3n) is 4.02. The maximum Gasteiger partial charge on any atom is 0.573 e. The zero-order valence-electron chi connectivity index (χ0n) is 13.7. The summed E-state index contributed by atoms with van der Waals surface area (Å²) in [6.07, 6.45) is -3.73. The van der Waals surface area contributed by atoms with E-state index in [-0.39, 0.29) is 41.4 Å². The Hall–Kier alpha value is -1.97. The highest BCUT2D eigenvalue weighted by molar-refractivity contribution is 14.0. The minimum atomic E-state index is -4.76. The maximum atomic E-state index is 12.4. The Labute approximate surface area is 166 Å². The van der Waals surface area contributed by atoms with Gasteiger partial charge in [0.15, 0.2) is 11.7 Å². The molecule has 26 heavy (non-hydrogen) atoms. The summed E-state index contributed by atoms with van der Waals surface area (Å²) in [5, 5.41) is 2.67. The fourth-order valence-corrected chi connectivity index (χ4v) is 2.73. The number of hydrogen-bond acceptors (Lipinski definition) is 2. The van der Waals surface area contributed by atoms with Gasteiger partial charge in [0, 0.05) is 6.54 Å². The van der Waals surface area contributed by atoms with E-state index in [1.807, 2.05) is 18.2 Å². The van der Waals surface area contributed by atoms with Gasteiger partial charge in [-0.3, -0.25) is 4.99 Å². The number of guanidine groups is 1. The van der Waals surface area contributed by atoms with Gasteiger partial charge in [-0.05, 0) is 36.0 Å². The van der Waals surface area contributed by atoms with Crippen LogP contribution in [-0.2, 0) is 0 Å². The van der Waals surface area contributed by atoms with Crippen LogP contribution in [0.1, 0.15) is 17.9 Å². The van der Waals surface area contributed by atoms with Gasteiger partial charge in [-0.1, -0.05) is 42.5 Å². The average molecular weight is 477 g/mol. The number of rotatable bonds is 5. The van der Waals surface area contributed by atoms with E-state index >= 15 is 0 Å². The Morgan fingerprint density at radius 3 is 2.46 bits per heavy atom. The first kappa shape index (κ1) is 20.3. The molecule has 2 aromatic carbocycles. The number of para-hydroxylation sites is 2. The van der Waals surface area contributed by atoms with Crippen LogP contribution in [0.5, 0.6) is 5.75 Å². The van der Waals surface area contributed by atoms with Crippen LogP contribution in [-0.4, -0.2) is 18.9 Å². The predicted molar refractivity (Wildman–Crippen MR) is 106 cm³/mol. The van der Waals surface area contributed by atoms with Crippen LogP contribution in [0, 0.1) is 5.92 Å². The van der Waals surface area contributed by atoms with Crippen molar-refractivity contribution in [2.24, 2.45) is 16.6 Å². The zero-order valence-corrected chi connectivity index (χ0v) is 16.1. The molecule has 2 aromatic rings. The second-order valence-corrected chi connectivity index (χ2v) is 5.91. The first-order valence-electron chi connectivity index (χ1n) is 7.89. The quantitative estimate of drug-likeness (QED) is 0.372. The Morgan fingerprint density at radius 2 is 1.77 bits per heavy atom. The summed E-state index contributed by atoms with van der Waals surface area (Å²) in [4.78, 5) is 4.24. The van der Waals surface area contributed by atoms with Crippen molar-refractivity contribution >= 4 is 35.6 Å². The molecule has 2 unspecified atom stereocenters. The van der Waals surface area contributed by atoms with Gasteiger partial charge in [0.1, 0.15) is 0 Å². The van der Waals surface area contributed by atoms with Gasteiger partial charge in [-0.2, -0.15) is 0 Å². The van der Waals surface area contributed by atoms with Crippen LogP contribution in [0.25, 0.3) is 0 Å². The standard InChI is InChI=1S/C18H18F3N3O.HI/c19-18(20,21)25-16-9-5-4-8-15(16)24-17(22)23-11-13-10-14(13)12-6-2-1-3-7-12;/h1-9,13-14H,10-11H2,(H3,22,23,24);1H. The molecule has 140 valence electrons. The van der Waals surface area contributed by atoms with Crippen LogP contribution >= 0.6 is 24.0 Å². The molecule has 0 heterocycles. The van der Waals surface area contributed by atoms with Gasteiger partial charge in [0.2, 0.25) is 0 Å². The lowest BCUT2D eigenvalue weighted by atomic mass is 10.1. The van der Waals surface area contributed by atoms with Crippen LogP contribution in [0.3, 0.4) is 0 Å². The SMILES string of the molecule is I.NC(=NCC1CC1c1ccccc1)Nc1ccccc1OC(F)(F)F. The van der Waals surface area contributed by atoms with Crippen molar-refractivity contribution in [2.75, 3.05) is 11.9 Å². The summed E-state index contributed by atoms with van der Waals surface area (Å²) in [7, 11) is 0. The number of nitrogens with one attached hydrogen (secondary N) is 1. The molecule has 0 amide bonds. The molecule has 0 saturated heterocycles. The third kappa shape index (κ3) is 5.79. The fourth-order valence-electron chi connectivity index (χ4n) is 2.73. The monoisotopic (exact) mass is 477 g/mol. The Bertz CT molecular complexity index is 753. The summed E-state index contributed by atoms with van der Waals surface area (Å²) in [5.74, 6) is 0.599. The molecule has 0 aromatic heterocycles. The van der Waals surface area contributed by atoms with Crippen molar-refractivity contribution in [3.63, 3.8) is 0 Å². The second-order valence-electron chi connectivity index (χ2n) is 5.91. The highest BCUT2D eigenvalue weighted by Crippen LogP contribution is 2.47. The first-order valence-corrected chi connectivity index (χ1v) is 7.89. The number of alkyl halides is 3. The molecule has 1 aliphatic rings. The van der Waals surface area contributed by atoms with Gasteiger partial charge in [0.25, 0.3) is 0 Å². The zero-order chi connectivity index (χ0) is 17.9. The molecule has 0 spiro atoms. The topological polar surface area (TPSA) is 59.6 Å². The number of benzene rings is 2. The Balaban J connectivity index is 0.00000243. The smallest absolute Gasteiger partial charge is 0.404 e. The van der Waals surface area contributed by atoms with Crippen LogP contribution in [0.15, 0.2) is 59.6 Å². The molecular weight excluding hydrogens is 458 g/mol. The molecule has 1 saturated carbocycles. The lowest BCUT2D eigenvalue weighted by molar-refractivity contribution is -0.274. The highest BCUT2D eigenvalue weighted by Gasteiger charge is 2.37. The van der Waals surface area contributed by atoms with E-state index < -0.39 is 6.36 Å². The largest absolute Gasteiger partial charge is 0.573 e. The van der Waals surface area contributed by atoms with E-state index in [0.717, 1.165) is 6.42 Å². The summed E-state index contributed by atoms with van der Waals surface area (Å²) < 4.78 is 41.2. The number of halogens is 4. The number of hydrogen-bond donors (Lipinski definition) is 2. The summed E-state index contributed by atoms with van der Waals surface area (Å²) >= 11 is 0. The molecule has 1 fully saturated rings. The third-order valence-corrected chi connectivity index (χ3v) is 4.02. The maximum absolute atomic E-state index is 12.4. The molecule has 4 nitrogen and oxygen atoms in total. The van der Waals surface area contributed by atoms with Crippen molar-refractivity contribution in [1.29, 1.82) is 0 Å². The van der Waals surface area contributed by atoms with E-state index in [1.165, 1.54) is 23.8 Å². The van der Waals surface area contributed by atoms with Crippen LogP contribution in [0.4, 0.5) is 18.9 Å². The molecule has 3 rings (SSSR count). The summed E-state index contributed by atoms with van der Waals surface area (Å²) in [6.45, 7) is 0.528. The van der Waals surface area contributed by atoms with Crippen molar-refractivity contribution in [2.45, 2.75) is 18.7 Å². The number of aliphatic imine (C=N–C) groups is 1. The Kier molecular flexibility index (Phi) is 6.74. The second kappa shape index (κ2) is 8.61. The van der Waals surface area contributed by atoms with Gasteiger partial charge in [0.05, 0.1) is 5.69 Å². The number of anilines is 1. The number of nitrogens with two attached hydrogens (primary N) is 1. The van der Waals surface area contributed by atoms with Gasteiger partial charge in [-0.15, -0.1) is 37.1 Å². The minimum absolute atomic E-state index is 0. The fraction of sp³-hybridized carbons (Fsp3) is 0.278. The predicted octanol–water partition coefficient (Wildman–Crippen LogP) is 4.73. The van der Waals surface area contributed by atoms with Crippen molar-refractivity contribution in [3.05, 3.63) is 60.2 Å². The average Bonchev–Trinajstić information content (AvgIpc) is 3.34. The first-order chi connectivity index (χ1) is 11.9. The van der Waals surface area contributed by atoms with Crippen molar-refractivity contribution in [1.82, 2.24) is 0 Å².